The summed E-state index contributed by atoms with van der Waals surface area (Å²) in [5, 5.41) is 24.7. The van der Waals surface area contributed by atoms with E-state index in [9.17, 15) is 0 Å². The summed E-state index contributed by atoms with van der Waals surface area (Å²) in [6.45, 7) is 13.6. The normalized spacial score (nSPS) is 11.8. The van der Waals surface area contributed by atoms with Crippen molar-refractivity contribution >= 4 is 19.8 Å². The molecule has 0 unspecified atom stereocenters. The molecule has 0 amide bonds. The van der Waals surface area contributed by atoms with Crippen LogP contribution in [0.2, 0.25) is 13.3 Å². The summed E-state index contributed by atoms with van der Waals surface area (Å²) in [5.41, 5.74) is -1.68. The van der Waals surface area contributed by atoms with E-state index in [1.807, 2.05) is 12.1 Å². The molecule has 0 radical (unpaired) electrons. The second kappa shape index (κ2) is 15.6. The minimum absolute atomic E-state index is 0.839. The fourth-order valence-corrected chi connectivity index (χ4v) is 13.1. The molecule has 0 aromatic rings. The summed E-state index contributed by atoms with van der Waals surface area (Å²) in [6, 6.07) is 3.94. The zero-order valence-corrected chi connectivity index (χ0v) is 21.0. The number of unbranched alkanes of at least 4 members (excludes halogenated alkanes) is 3. The van der Waals surface area contributed by atoms with E-state index in [2.05, 4.69) is 31.0 Å². The molecule has 0 aromatic carbocycles. The van der Waals surface area contributed by atoms with E-state index in [1.165, 1.54) is 38.5 Å². The average molecular weight is 455 g/mol. The molecule has 0 spiro atoms. The van der Waals surface area contributed by atoms with Crippen molar-refractivity contribution in [1.29, 1.82) is 10.5 Å². The maximum atomic E-state index is 8.58. The fourth-order valence-electron chi connectivity index (χ4n) is 2.21. The number of hydrogen-bond donors (Lipinski definition) is 0. The Labute approximate surface area is 163 Å². The van der Waals surface area contributed by atoms with E-state index < -0.39 is 30.8 Å². The van der Waals surface area contributed by atoms with Crippen LogP contribution in [-0.2, 0) is 0 Å². The molecule has 0 heterocycles. The molecule has 0 aliphatic heterocycles. The van der Waals surface area contributed by atoms with Crippen molar-refractivity contribution in [1.82, 2.24) is 0 Å². The molecule has 0 aromatic heterocycles. The first-order chi connectivity index (χ1) is 11.7. The number of nitriles is 2. The van der Waals surface area contributed by atoms with Crippen LogP contribution in [0.4, 0.5) is 0 Å². The second-order valence-electron chi connectivity index (χ2n) is 7.83. The molecule has 0 aliphatic carbocycles. The summed E-state index contributed by atoms with van der Waals surface area (Å²) in [7, 11) is 0. The summed E-state index contributed by atoms with van der Waals surface area (Å²) < 4.78 is 5.08. The van der Waals surface area contributed by atoms with Gasteiger partial charge in [0.25, 0.3) is 0 Å². The van der Waals surface area contributed by atoms with E-state index >= 15 is 0 Å². The predicted molar refractivity (Wildman–Crippen MR) is 111 cm³/mol. The first-order valence-electron chi connectivity index (χ1n) is 9.94. The molecule has 25 heavy (non-hydrogen) atoms. The Balaban J connectivity index is 0. The zero-order chi connectivity index (χ0) is 19.8. The van der Waals surface area contributed by atoms with Gasteiger partial charge in [0.15, 0.2) is 11.1 Å². The molecular weight excluding hydrogens is 415 g/mol. The van der Waals surface area contributed by atoms with Gasteiger partial charge in [0.1, 0.15) is 0 Å². The molecule has 0 fully saturated rings. The molecule has 0 bridgehead atoms. The Morgan fingerprint density at radius 3 is 1.16 bits per heavy atom. The van der Waals surface area contributed by atoms with Crippen LogP contribution < -0.4 is 0 Å². The molecule has 0 saturated carbocycles. The summed E-state index contributed by atoms with van der Waals surface area (Å²) in [4.78, 5) is 0. The minimum atomic E-state index is -0.967. The van der Waals surface area contributed by atoms with Gasteiger partial charge >= 0.3 is 92.4 Å². The van der Waals surface area contributed by atoms with Gasteiger partial charge in [0.05, 0.1) is 12.1 Å². The topological polar surface area (TPSA) is 72.3 Å². The van der Waals surface area contributed by atoms with Crippen molar-refractivity contribution in [3.05, 3.63) is 0 Å². The van der Waals surface area contributed by atoms with Gasteiger partial charge in [0.2, 0.25) is 0 Å². The molecule has 0 aliphatic rings. The van der Waals surface area contributed by atoms with Crippen molar-refractivity contribution in [3.8, 4) is 12.1 Å². The third-order valence-electron chi connectivity index (χ3n) is 3.99. The number of rotatable bonds is 11. The van der Waals surface area contributed by atoms with Gasteiger partial charge in [-0.2, -0.15) is 20.8 Å². The monoisotopic (exact) mass is 456 g/mol. The van der Waals surface area contributed by atoms with Crippen LogP contribution in [0.15, 0.2) is 10.2 Å². The molecule has 0 N–H and O–H groups in total. The van der Waals surface area contributed by atoms with Gasteiger partial charge in [-0.1, -0.05) is 0 Å². The van der Waals surface area contributed by atoms with Crippen LogP contribution in [-0.4, -0.2) is 30.8 Å². The van der Waals surface area contributed by atoms with Gasteiger partial charge in [-0.3, -0.25) is 0 Å². The summed E-state index contributed by atoms with van der Waals surface area (Å²) in [6.07, 6.45) is 8.87. The first kappa shape index (κ1) is 26.6. The SMILES string of the molecule is CC(C)(C#N)N=NC(C)(C)C#N.CCC[CH2][SnH]([CH2]CCC)[CH2]CCC. The van der Waals surface area contributed by atoms with Crippen LogP contribution >= 0.6 is 0 Å². The van der Waals surface area contributed by atoms with Crippen LogP contribution in [0.5, 0.6) is 0 Å². The van der Waals surface area contributed by atoms with E-state index in [0.717, 1.165) is 0 Å². The van der Waals surface area contributed by atoms with Crippen LogP contribution in [0.1, 0.15) is 87.0 Å². The van der Waals surface area contributed by atoms with E-state index in [-0.39, 0.29) is 0 Å². The standard InChI is InChI=1S/C8H12N4.3C4H9.Sn.H/c1-7(2,5-9)11-12-8(3,4)6-10;3*1-3-4-2;;/h1-4H3;3*1,3-4H2,2H3;;. The van der Waals surface area contributed by atoms with Gasteiger partial charge in [-0.15, -0.1) is 0 Å². The molecule has 0 atom stereocenters. The number of nitrogens with zero attached hydrogens (tertiary/aromatic N) is 4. The summed E-state index contributed by atoms with van der Waals surface area (Å²) in [5.74, 6) is 0. The molecule has 4 nitrogen and oxygen atoms in total. The molecule has 0 rings (SSSR count). The van der Waals surface area contributed by atoms with Crippen LogP contribution in [0.25, 0.3) is 0 Å². The van der Waals surface area contributed by atoms with E-state index in [0.29, 0.717) is 0 Å². The first-order valence-corrected chi connectivity index (χ1v) is 16.9. The average Bonchev–Trinajstić information content (AvgIpc) is 2.60. The predicted octanol–water partition coefficient (Wildman–Crippen LogP) is 6.66. The van der Waals surface area contributed by atoms with E-state index in [1.54, 1.807) is 41.0 Å². The third-order valence-corrected chi connectivity index (χ3v) is 14.5. The molecule has 144 valence electrons. The zero-order valence-electron chi connectivity index (χ0n) is 17.7. The Morgan fingerprint density at radius 2 is 0.960 bits per heavy atom. The molecular formula is C20H40N4Sn. The van der Waals surface area contributed by atoms with Crippen LogP contribution in [0.3, 0.4) is 0 Å². The van der Waals surface area contributed by atoms with Gasteiger partial charge in [-0.05, 0) is 27.7 Å². The van der Waals surface area contributed by atoms with Crippen LogP contribution in [0, 0.1) is 22.7 Å². The second-order valence-corrected chi connectivity index (χ2v) is 17.7. The van der Waals surface area contributed by atoms with Crippen molar-refractivity contribution < 1.29 is 0 Å². The fraction of sp³-hybridized carbons (Fsp3) is 0.900. The van der Waals surface area contributed by atoms with Gasteiger partial charge < -0.3 is 0 Å². The third kappa shape index (κ3) is 18.0. The summed E-state index contributed by atoms with van der Waals surface area (Å²) >= 11 is -0.967. The Kier molecular flexibility index (Phi) is 16.6. The molecule has 0 saturated heterocycles. The maximum absolute atomic E-state index is 8.58. The van der Waals surface area contributed by atoms with Gasteiger partial charge in [-0.25, -0.2) is 0 Å². The quantitative estimate of drug-likeness (QED) is 0.258. The van der Waals surface area contributed by atoms with E-state index in [4.69, 9.17) is 10.5 Å². The Hall–Kier alpha value is -0.621. The Bertz CT molecular complexity index is 383. The number of hydrogen-bond acceptors (Lipinski definition) is 4. The Morgan fingerprint density at radius 1 is 0.680 bits per heavy atom. The number of azo groups is 1. The molecule has 5 heteroatoms. The van der Waals surface area contributed by atoms with Crippen molar-refractivity contribution in [3.63, 3.8) is 0 Å². The van der Waals surface area contributed by atoms with Crippen molar-refractivity contribution in [2.45, 2.75) is 111 Å². The van der Waals surface area contributed by atoms with Crippen molar-refractivity contribution in [2.75, 3.05) is 0 Å². The van der Waals surface area contributed by atoms with Crippen molar-refractivity contribution in [2.24, 2.45) is 10.2 Å². The van der Waals surface area contributed by atoms with Gasteiger partial charge in [0, 0.05) is 0 Å².